The van der Waals surface area contributed by atoms with Gasteiger partial charge in [-0.25, -0.2) is 0 Å². The Labute approximate surface area is 85.7 Å². The Morgan fingerprint density at radius 1 is 1.54 bits per heavy atom. The van der Waals surface area contributed by atoms with Gasteiger partial charge in [-0.2, -0.15) is 4.98 Å². The van der Waals surface area contributed by atoms with Gasteiger partial charge in [-0.1, -0.05) is 23.2 Å². The van der Waals surface area contributed by atoms with Gasteiger partial charge in [0, 0.05) is 6.07 Å². The number of methoxy groups -OCH3 is 1. The van der Waals surface area contributed by atoms with Crippen molar-refractivity contribution in [3.63, 3.8) is 0 Å². The summed E-state index contributed by atoms with van der Waals surface area (Å²) in [6.07, 6.45) is 0. The molecular weight excluding hydrogens is 216 g/mol. The Morgan fingerprint density at radius 3 is 2.77 bits per heavy atom. The molecule has 13 heavy (non-hydrogen) atoms. The fourth-order valence-corrected chi connectivity index (χ4v) is 0.994. The highest BCUT2D eigenvalue weighted by Gasteiger charge is 2.10. The van der Waals surface area contributed by atoms with Gasteiger partial charge in [-0.3, -0.25) is 0 Å². The maximum absolute atomic E-state index is 8.39. The second-order valence-corrected chi connectivity index (χ2v) is 2.76. The highest BCUT2D eigenvalue weighted by atomic mass is 35.5. The van der Waals surface area contributed by atoms with Crippen LogP contribution in [0.1, 0.15) is 0 Å². The van der Waals surface area contributed by atoms with Crippen molar-refractivity contribution in [1.29, 1.82) is 0 Å². The number of nitrogens with zero attached hydrogens (tertiary/aromatic N) is 1. The maximum atomic E-state index is 8.39. The zero-order chi connectivity index (χ0) is 9.84. The van der Waals surface area contributed by atoms with Crippen LogP contribution in [0.2, 0.25) is 10.2 Å². The Hall–Kier alpha value is -0.645. The van der Waals surface area contributed by atoms with Gasteiger partial charge in [0.1, 0.15) is 0 Å². The number of pyridine rings is 1. The molecule has 1 radical (unpaired) electrons. The van der Waals surface area contributed by atoms with E-state index in [0.29, 0.717) is 7.69 Å². The van der Waals surface area contributed by atoms with Gasteiger partial charge in [0.2, 0.25) is 0 Å². The molecule has 0 aliphatic carbocycles. The summed E-state index contributed by atoms with van der Waals surface area (Å²) in [4.78, 5) is 3.76. The minimum absolute atomic E-state index is 0.115. The first-order chi connectivity index (χ1) is 6.19. The molecule has 0 unspecified atom stereocenters. The van der Waals surface area contributed by atoms with E-state index in [2.05, 4.69) is 9.64 Å². The molecule has 1 N–H and O–H groups in total. The Bertz CT molecular complexity index is 310. The summed E-state index contributed by atoms with van der Waals surface area (Å²) in [6, 6.07) is 1.39. The molecule has 1 heterocycles. The standard InChI is InChI=1S/C6H5BCl2NO3/c1-12-6-4(13-7-11)2-3(8)5(9)10-6/h2,11H,1H3. The summed E-state index contributed by atoms with van der Waals surface area (Å²) in [7, 11) is 1.90. The third kappa shape index (κ3) is 2.40. The van der Waals surface area contributed by atoms with Crippen molar-refractivity contribution < 1.29 is 14.4 Å². The normalized spacial score (nSPS) is 9.54. The third-order valence-electron chi connectivity index (χ3n) is 1.24. The van der Waals surface area contributed by atoms with Gasteiger partial charge < -0.3 is 14.4 Å². The number of halogens is 2. The van der Waals surface area contributed by atoms with Crippen LogP contribution in [0.25, 0.3) is 0 Å². The molecule has 0 aliphatic heterocycles. The van der Waals surface area contributed by atoms with E-state index in [0.717, 1.165) is 0 Å². The average Bonchev–Trinajstić information content (AvgIpc) is 2.11. The van der Waals surface area contributed by atoms with E-state index in [1.165, 1.54) is 13.2 Å². The summed E-state index contributed by atoms with van der Waals surface area (Å²) in [5.74, 6) is 0.346. The van der Waals surface area contributed by atoms with E-state index >= 15 is 0 Å². The molecule has 0 amide bonds. The van der Waals surface area contributed by atoms with E-state index in [1.54, 1.807) is 0 Å². The Balaban J connectivity index is 3.09. The maximum Gasteiger partial charge on any atom is 0.569 e. The molecule has 1 rings (SSSR count). The number of hydrogen-bond donors (Lipinski definition) is 1. The lowest BCUT2D eigenvalue weighted by molar-refractivity contribution is 0.367. The van der Waals surface area contributed by atoms with E-state index in [-0.39, 0.29) is 21.8 Å². The fourth-order valence-electron chi connectivity index (χ4n) is 0.721. The molecule has 69 valence electrons. The minimum Gasteiger partial charge on any atom is -0.534 e. The zero-order valence-electron chi connectivity index (χ0n) is 6.62. The number of aromatic nitrogens is 1. The highest BCUT2D eigenvalue weighted by Crippen LogP contribution is 2.31. The molecule has 0 aliphatic rings. The predicted molar refractivity (Wildman–Crippen MR) is 49.4 cm³/mol. The fraction of sp³-hybridized carbons (Fsp3) is 0.167. The van der Waals surface area contributed by atoms with Crippen molar-refractivity contribution >= 4 is 30.9 Å². The molecule has 0 aromatic carbocycles. The zero-order valence-corrected chi connectivity index (χ0v) is 8.13. The molecule has 0 bridgehead atoms. The molecule has 0 saturated heterocycles. The van der Waals surface area contributed by atoms with Crippen molar-refractivity contribution in [2.75, 3.05) is 7.11 Å². The number of hydrogen-bond acceptors (Lipinski definition) is 4. The molecule has 0 fully saturated rings. The first-order valence-corrected chi connectivity index (χ1v) is 3.97. The number of ether oxygens (including phenoxy) is 1. The smallest absolute Gasteiger partial charge is 0.534 e. The second kappa shape index (κ2) is 4.55. The molecule has 4 nitrogen and oxygen atoms in total. The lowest BCUT2D eigenvalue weighted by atomic mass is 10.3. The lowest BCUT2D eigenvalue weighted by Crippen LogP contribution is -2.03. The first-order valence-electron chi connectivity index (χ1n) is 3.21. The van der Waals surface area contributed by atoms with Gasteiger partial charge in [0.15, 0.2) is 10.9 Å². The van der Waals surface area contributed by atoms with Crippen molar-refractivity contribution in [3.05, 3.63) is 16.2 Å². The van der Waals surface area contributed by atoms with Crippen LogP contribution < -0.4 is 9.39 Å². The van der Waals surface area contributed by atoms with Crippen LogP contribution in [-0.2, 0) is 0 Å². The van der Waals surface area contributed by atoms with E-state index < -0.39 is 0 Å². The molecule has 0 spiro atoms. The Morgan fingerprint density at radius 2 is 2.23 bits per heavy atom. The van der Waals surface area contributed by atoms with Crippen molar-refractivity contribution in [1.82, 2.24) is 4.98 Å². The second-order valence-electron chi connectivity index (χ2n) is 1.99. The van der Waals surface area contributed by atoms with Crippen LogP contribution >= 0.6 is 23.2 Å². The van der Waals surface area contributed by atoms with Crippen LogP contribution in [0, 0.1) is 0 Å². The van der Waals surface area contributed by atoms with Crippen LogP contribution in [0.5, 0.6) is 11.6 Å². The van der Waals surface area contributed by atoms with Gasteiger partial charge >= 0.3 is 7.69 Å². The van der Waals surface area contributed by atoms with Gasteiger partial charge in [0.05, 0.1) is 12.1 Å². The topological polar surface area (TPSA) is 51.6 Å². The quantitative estimate of drug-likeness (QED) is 0.617. The van der Waals surface area contributed by atoms with Crippen LogP contribution in [0.15, 0.2) is 6.07 Å². The molecule has 0 saturated carbocycles. The highest BCUT2D eigenvalue weighted by molar-refractivity contribution is 6.41. The summed E-state index contributed by atoms with van der Waals surface area (Å²) in [5.41, 5.74) is 0. The van der Waals surface area contributed by atoms with Crippen LogP contribution in [0.3, 0.4) is 0 Å². The number of rotatable bonds is 3. The summed E-state index contributed by atoms with van der Waals surface area (Å²) in [5, 5.41) is 8.73. The molecule has 1 aromatic heterocycles. The minimum atomic E-state index is 0.115. The largest absolute Gasteiger partial charge is 0.569 e. The van der Waals surface area contributed by atoms with Crippen LogP contribution in [-0.4, -0.2) is 24.8 Å². The van der Waals surface area contributed by atoms with Crippen molar-refractivity contribution in [2.45, 2.75) is 0 Å². The molecule has 1 aromatic rings. The van der Waals surface area contributed by atoms with E-state index in [9.17, 15) is 0 Å². The summed E-state index contributed by atoms with van der Waals surface area (Å²) in [6.45, 7) is 0. The van der Waals surface area contributed by atoms with E-state index in [4.69, 9.17) is 33.0 Å². The van der Waals surface area contributed by atoms with Crippen LogP contribution in [0.4, 0.5) is 0 Å². The van der Waals surface area contributed by atoms with Gasteiger partial charge in [-0.15, -0.1) is 0 Å². The summed E-state index contributed by atoms with van der Waals surface area (Å²) >= 11 is 11.3. The molecule has 7 heteroatoms. The Kier molecular flexibility index (Phi) is 3.65. The first kappa shape index (κ1) is 10.4. The van der Waals surface area contributed by atoms with Gasteiger partial charge in [-0.05, 0) is 0 Å². The third-order valence-corrected chi connectivity index (χ3v) is 1.91. The van der Waals surface area contributed by atoms with E-state index in [1.807, 2.05) is 0 Å². The SMILES string of the molecule is COc1nc(Cl)c(Cl)cc1O[B]O. The predicted octanol–water partition coefficient (Wildman–Crippen LogP) is 1.30. The van der Waals surface area contributed by atoms with Gasteiger partial charge in [0.25, 0.3) is 5.88 Å². The lowest BCUT2D eigenvalue weighted by Gasteiger charge is -2.07. The monoisotopic (exact) mass is 220 g/mol. The van der Waals surface area contributed by atoms with Crippen molar-refractivity contribution in [3.8, 4) is 11.6 Å². The summed E-state index contributed by atoms with van der Waals surface area (Å²) < 4.78 is 9.49. The molecular formula is C6H5BCl2NO3. The average molecular weight is 221 g/mol. The molecule has 0 atom stereocenters. The van der Waals surface area contributed by atoms with Crippen molar-refractivity contribution in [2.24, 2.45) is 0 Å².